The second kappa shape index (κ2) is 14.1. The smallest absolute Gasteiger partial charge is 0.481 e. The van der Waals surface area contributed by atoms with Crippen LogP contribution in [-0.4, -0.2) is 22.2 Å². The normalized spacial score (nSPS) is 7.17. The first-order valence-corrected chi connectivity index (χ1v) is 3.27. The van der Waals surface area contributed by atoms with Gasteiger partial charge in [-0.15, -0.1) is 0 Å². The van der Waals surface area contributed by atoms with Gasteiger partial charge in [0, 0.05) is 0 Å². The third-order valence-corrected chi connectivity index (χ3v) is 0.656. The topological polar surface area (TPSA) is 74.6 Å². The first kappa shape index (κ1) is 18.4. The Morgan fingerprint density at radius 2 is 1.50 bits per heavy atom. The second-order valence-corrected chi connectivity index (χ2v) is 1.82. The van der Waals surface area contributed by atoms with Gasteiger partial charge in [-0.2, -0.15) is 6.42 Å². The van der Waals surface area contributed by atoms with Crippen LogP contribution in [0.1, 0.15) is 26.2 Å². The van der Waals surface area contributed by atoms with Crippen molar-refractivity contribution in [1.29, 1.82) is 0 Å². The first-order valence-electron chi connectivity index (χ1n) is 3.27. The van der Waals surface area contributed by atoms with E-state index in [1.807, 2.05) is 0 Å². The molecular weight excluding hydrogens is 187 g/mol. The van der Waals surface area contributed by atoms with E-state index < -0.39 is 18.4 Å². The zero-order valence-corrected chi connectivity index (χ0v) is 10.7. The maximum absolute atomic E-state index is 9.43. The number of hydrogen-bond acceptors (Lipinski definition) is 2. The van der Waals surface area contributed by atoms with Crippen molar-refractivity contribution in [2.24, 2.45) is 0 Å². The Balaban J connectivity index is -0.000000142. The summed E-state index contributed by atoms with van der Waals surface area (Å²) in [7, 11) is 0. The van der Waals surface area contributed by atoms with Gasteiger partial charge in [0.25, 0.3) is 0 Å². The van der Waals surface area contributed by atoms with Crippen molar-refractivity contribution < 1.29 is 71.2 Å². The number of unbranched alkanes of at least 4 members (excludes halogenated alkanes) is 1. The molecule has 0 aromatic carbocycles. The quantitative estimate of drug-likeness (QED) is 0.319. The summed E-state index contributed by atoms with van der Waals surface area (Å²) in [6.45, 7) is 5.72. The van der Waals surface area contributed by atoms with Gasteiger partial charge in [-0.05, 0) is 0 Å². The van der Waals surface area contributed by atoms with Crippen LogP contribution in [0.25, 0.3) is 0 Å². The average molecular weight is 200 g/mol. The predicted molar refractivity (Wildman–Crippen MR) is 40.2 cm³/mol. The number of hydrogen-bond donors (Lipinski definition) is 2. The molecule has 0 unspecified atom stereocenters. The van der Waals surface area contributed by atoms with Gasteiger partial charge in [0.05, 0.1) is 0 Å². The molecule has 0 bridgehead atoms. The van der Waals surface area contributed by atoms with Gasteiger partial charge < -0.3 is 17.1 Å². The monoisotopic (exact) mass is 200 g/mol. The molecule has 0 aromatic heterocycles. The van der Waals surface area contributed by atoms with Crippen LogP contribution in [0.3, 0.4) is 0 Å². The number of rotatable bonds is 3. The van der Waals surface area contributed by atoms with Crippen molar-refractivity contribution in [3.05, 3.63) is 6.92 Å². The standard InChI is InChI=1S/C4H9.C3H4O4.K/c1-3-4-2;4-2(5)1-3(6)7;/h1,3-4H2,2H3;1H2,(H,4,5)(H,6,7);/q-1;;+1. The Morgan fingerprint density at radius 3 is 1.50 bits per heavy atom. The molecule has 0 spiro atoms. The van der Waals surface area contributed by atoms with E-state index in [0.717, 1.165) is 6.42 Å². The Bertz CT molecular complexity index is 111. The first-order chi connectivity index (χ1) is 5.04. The van der Waals surface area contributed by atoms with Gasteiger partial charge in [0.15, 0.2) is 0 Å². The maximum Gasteiger partial charge on any atom is 1.00 e. The van der Waals surface area contributed by atoms with Crippen LogP contribution in [0.2, 0.25) is 0 Å². The average Bonchev–Trinajstić information content (AvgIpc) is 1.85. The van der Waals surface area contributed by atoms with E-state index in [-0.39, 0.29) is 51.4 Å². The van der Waals surface area contributed by atoms with E-state index in [0.29, 0.717) is 0 Å². The van der Waals surface area contributed by atoms with Crippen LogP contribution >= 0.6 is 0 Å². The molecule has 0 heterocycles. The van der Waals surface area contributed by atoms with Crippen molar-refractivity contribution in [1.82, 2.24) is 0 Å². The summed E-state index contributed by atoms with van der Waals surface area (Å²) in [6, 6.07) is 0. The van der Waals surface area contributed by atoms with Crippen molar-refractivity contribution in [3.63, 3.8) is 0 Å². The van der Waals surface area contributed by atoms with Gasteiger partial charge in [0.1, 0.15) is 6.42 Å². The molecule has 66 valence electrons. The fourth-order valence-electron chi connectivity index (χ4n) is 0.129. The molecule has 0 atom stereocenters. The van der Waals surface area contributed by atoms with Crippen LogP contribution < -0.4 is 51.4 Å². The fraction of sp³-hybridized carbons (Fsp3) is 0.571. The zero-order chi connectivity index (χ0) is 9.28. The van der Waals surface area contributed by atoms with Gasteiger partial charge in [-0.25, -0.2) is 0 Å². The SMILES string of the molecule is O=C(O)CC(=O)O.[CH2-]CCC.[K+]. The molecule has 0 aliphatic heterocycles. The summed E-state index contributed by atoms with van der Waals surface area (Å²) in [5, 5.41) is 15.4. The third-order valence-electron chi connectivity index (χ3n) is 0.656. The minimum absolute atomic E-state index is 0. The van der Waals surface area contributed by atoms with Crippen LogP contribution in [0, 0.1) is 6.92 Å². The minimum atomic E-state index is -1.31. The van der Waals surface area contributed by atoms with Gasteiger partial charge in [-0.1, -0.05) is 13.3 Å². The van der Waals surface area contributed by atoms with Gasteiger partial charge in [0.2, 0.25) is 0 Å². The molecule has 0 aromatic rings. The van der Waals surface area contributed by atoms with Crippen LogP contribution in [0.15, 0.2) is 0 Å². The molecule has 0 radical (unpaired) electrons. The van der Waals surface area contributed by atoms with Crippen molar-refractivity contribution in [2.75, 3.05) is 0 Å². The maximum atomic E-state index is 9.43. The minimum Gasteiger partial charge on any atom is -0.481 e. The summed E-state index contributed by atoms with van der Waals surface area (Å²) in [4.78, 5) is 18.9. The zero-order valence-electron chi connectivity index (χ0n) is 7.54. The Morgan fingerprint density at radius 1 is 1.25 bits per heavy atom. The predicted octanol–water partition coefficient (Wildman–Crippen LogP) is -1.83. The molecule has 0 aliphatic carbocycles. The molecule has 12 heavy (non-hydrogen) atoms. The van der Waals surface area contributed by atoms with Crippen molar-refractivity contribution >= 4 is 11.9 Å². The summed E-state index contributed by atoms with van der Waals surface area (Å²) < 4.78 is 0. The molecule has 0 fully saturated rings. The summed E-state index contributed by atoms with van der Waals surface area (Å²) in [6.07, 6.45) is 1.47. The van der Waals surface area contributed by atoms with Gasteiger partial charge in [-0.3, -0.25) is 9.59 Å². The Hall–Kier alpha value is 0.576. The summed E-state index contributed by atoms with van der Waals surface area (Å²) in [5.74, 6) is -2.62. The van der Waals surface area contributed by atoms with E-state index >= 15 is 0 Å². The van der Waals surface area contributed by atoms with E-state index in [9.17, 15) is 9.59 Å². The number of carboxylic acid groups (broad SMARTS) is 2. The summed E-state index contributed by atoms with van der Waals surface area (Å²) >= 11 is 0. The molecule has 4 nitrogen and oxygen atoms in total. The number of aliphatic carboxylic acids is 2. The number of carbonyl (C=O) groups is 2. The van der Waals surface area contributed by atoms with E-state index in [1.165, 1.54) is 6.42 Å². The molecule has 0 saturated heterocycles. The molecule has 0 saturated carbocycles. The van der Waals surface area contributed by atoms with Crippen LogP contribution in [0.4, 0.5) is 0 Å². The largest absolute Gasteiger partial charge is 1.00 e. The molecule has 2 N–H and O–H groups in total. The van der Waals surface area contributed by atoms with Gasteiger partial charge >= 0.3 is 63.3 Å². The molecule has 5 heteroatoms. The fourth-order valence-corrected chi connectivity index (χ4v) is 0.129. The van der Waals surface area contributed by atoms with Crippen LogP contribution in [0.5, 0.6) is 0 Å². The van der Waals surface area contributed by atoms with E-state index in [1.54, 1.807) is 0 Å². The van der Waals surface area contributed by atoms with E-state index in [4.69, 9.17) is 10.2 Å². The molecule has 0 amide bonds. The molecule has 0 aliphatic rings. The Kier molecular flexibility index (Phi) is 21.6. The van der Waals surface area contributed by atoms with E-state index in [2.05, 4.69) is 13.8 Å². The number of carboxylic acids is 2. The Labute approximate surface area is 115 Å². The third kappa shape index (κ3) is 31.2. The molecule has 0 rings (SSSR count). The van der Waals surface area contributed by atoms with Crippen LogP contribution in [-0.2, 0) is 9.59 Å². The van der Waals surface area contributed by atoms with Crippen molar-refractivity contribution in [2.45, 2.75) is 26.2 Å². The second-order valence-electron chi connectivity index (χ2n) is 1.82. The molecular formula is C7H13KO4. The van der Waals surface area contributed by atoms with Crippen molar-refractivity contribution in [3.8, 4) is 0 Å². The summed E-state index contributed by atoms with van der Waals surface area (Å²) in [5.41, 5.74) is 0.